The van der Waals surface area contributed by atoms with E-state index in [0.29, 0.717) is 16.1 Å². The van der Waals surface area contributed by atoms with Crippen molar-refractivity contribution in [2.24, 2.45) is 0 Å². The summed E-state index contributed by atoms with van der Waals surface area (Å²) in [6.45, 7) is 3.51. The average Bonchev–Trinajstić information content (AvgIpc) is 3.17. The summed E-state index contributed by atoms with van der Waals surface area (Å²) in [5, 5.41) is 4.77. The molecule has 4 rings (SSSR count). The van der Waals surface area contributed by atoms with Gasteiger partial charge in [0, 0.05) is 19.1 Å². The number of hydrogen-bond donors (Lipinski definition) is 1. The number of likely N-dealkylation sites (tertiary alicyclic amines) is 1. The number of rotatable bonds is 2. The molecule has 1 aliphatic rings. The molecule has 1 saturated heterocycles. The normalized spacial score (nSPS) is 15.7. The lowest BCUT2D eigenvalue weighted by Gasteiger charge is -2.33. The number of urea groups is 1. The van der Waals surface area contributed by atoms with E-state index in [1.54, 1.807) is 0 Å². The van der Waals surface area contributed by atoms with E-state index in [0.717, 1.165) is 37.3 Å². The minimum absolute atomic E-state index is 0.0778. The molecule has 2 amide bonds. The van der Waals surface area contributed by atoms with Crippen LogP contribution in [-0.4, -0.2) is 33.6 Å². The van der Waals surface area contributed by atoms with E-state index in [4.69, 9.17) is 11.6 Å². The van der Waals surface area contributed by atoms with Gasteiger partial charge in [-0.2, -0.15) is 0 Å². The average molecular weight is 375 g/mol. The van der Waals surface area contributed by atoms with Crippen LogP contribution in [-0.2, 0) is 0 Å². The van der Waals surface area contributed by atoms with Crippen LogP contribution in [0.5, 0.6) is 0 Å². The van der Waals surface area contributed by atoms with Gasteiger partial charge >= 0.3 is 6.03 Å². The second-order valence-electron chi connectivity index (χ2n) is 6.27. The number of amides is 2. The number of benzene rings is 1. The molecule has 5 nitrogen and oxygen atoms in total. The van der Waals surface area contributed by atoms with Crippen molar-refractivity contribution in [2.45, 2.75) is 25.8 Å². The first-order valence-electron chi connectivity index (χ1n) is 8.36. The third kappa shape index (κ3) is 3.12. The maximum Gasteiger partial charge on any atom is 0.321 e. The number of aryl methyl sites for hydroxylation is 1. The molecule has 25 heavy (non-hydrogen) atoms. The van der Waals surface area contributed by atoms with Crippen LogP contribution in [0.1, 0.15) is 24.7 Å². The van der Waals surface area contributed by atoms with Crippen LogP contribution in [0.3, 0.4) is 0 Å². The van der Waals surface area contributed by atoms with E-state index < -0.39 is 0 Å². The molecule has 1 N–H and O–H groups in total. The maximum atomic E-state index is 12.4. The fourth-order valence-electron chi connectivity index (χ4n) is 3.53. The largest absolute Gasteiger partial charge is 0.325 e. The molecular formula is C18H19ClN4OS. The number of para-hydroxylation sites is 2. The first kappa shape index (κ1) is 16.4. The number of hydrogen-bond acceptors (Lipinski definition) is 3. The van der Waals surface area contributed by atoms with Crippen molar-refractivity contribution in [3.05, 3.63) is 45.9 Å². The van der Waals surface area contributed by atoms with Crippen molar-refractivity contribution in [2.75, 3.05) is 18.4 Å². The summed E-state index contributed by atoms with van der Waals surface area (Å²) in [5.74, 6) is 1.04. The lowest BCUT2D eigenvalue weighted by atomic mass is 10.0. The Morgan fingerprint density at radius 3 is 2.76 bits per heavy atom. The molecule has 0 spiro atoms. The molecule has 3 aromatic rings. The highest BCUT2D eigenvalue weighted by atomic mass is 35.5. The van der Waals surface area contributed by atoms with Gasteiger partial charge in [0.1, 0.15) is 10.2 Å². The molecule has 2 aromatic heterocycles. The number of nitrogens with zero attached hydrogens (tertiary/aromatic N) is 3. The summed E-state index contributed by atoms with van der Waals surface area (Å²) in [4.78, 5) is 19.0. The minimum Gasteiger partial charge on any atom is -0.325 e. The van der Waals surface area contributed by atoms with Gasteiger partial charge in [-0.15, -0.1) is 11.3 Å². The van der Waals surface area contributed by atoms with Crippen LogP contribution in [0.15, 0.2) is 35.7 Å². The van der Waals surface area contributed by atoms with Crippen molar-refractivity contribution >= 4 is 45.7 Å². The Morgan fingerprint density at radius 1 is 1.28 bits per heavy atom. The van der Waals surface area contributed by atoms with Crippen LogP contribution in [0.2, 0.25) is 4.34 Å². The van der Waals surface area contributed by atoms with Gasteiger partial charge in [-0.25, -0.2) is 9.78 Å². The van der Waals surface area contributed by atoms with Crippen molar-refractivity contribution in [1.82, 2.24) is 14.5 Å². The van der Waals surface area contributed by atoms with E-state index in [9.17, 15) is 4.79 Å². The van der Waals surface area contributed by atoms with Gasteiger partial charge in [0.05, 0.1) is 16.7 Å². The highest BCUT2D eigenvalue weighted by Crippen LogP contribution is 2.30. The highest BCUT2D eigenvalue weighted by molar-refractivity contribution is 7.15. The Kier molecular flexibility index (Phi) is 4.39. The Morgan fingerprint density at radius 2 is 2.04 bits per heavy atom. The molecule has 1 fully saturated rings. The molecule has 0 aliphatic carbocycles. The van der Waals surface area contributed by atoms with Gasteiger partial charge in [0.25, 0.3) is 0 Å². The van der Waals surface area contributed by atoms with E-state index >= 15 is 0 Å². The highest BCUT2D eigenvalue weighted by Gasteiger charge is 2.26. The number of anilines is 1. The van der Waals surface area contributed by atoms with E-state index in [1.807, 2.05) is 34.5 Å². The van der Waals surface area contributed by atoms with Crippen LogP contribution in [0.25, 0.3) is 11.0 Å². The molecule has 3 heterocycles. The van der Waals surface area contributed by atoms with Gasteiger partial charge in [-0.05, 0) is 43.3 Å². The van der Waals surface area contributed by atoms with Gasteiger partial charge in [-0.1, -0.05) is 23.7 Å². The Hall–Kier alpha value is -2.05. The second kappa shape index (κ2) is 6.69. The zero-order chi connectivity index (χ0) is 17.4. The van der Waals surface area contributed by atoms with Crippen molar-refractivity contribution in [3.8, 4) is 0 Å². The molecule has 0 saturated carbocycles. The van der Waals surface area contributed by atoms with Crippen LogP contribution >= 0.6 is 22.9 Å². The van der Waals surface area contributed by atoms with E-state index in [1.165, 1.54) is 16.9 Å². The fourth-order valence-corrected chi connectivity index (χ4v) is 4.36. The molecular weight excluding hydrogens is 356 g/mol. The molecule has 0 unspecified atom stereocenters. The van der Waals surface area contributed by atoms with E-state index in [2.05, 4.69) is 27.9 Å². The fraction of sp³-hybridized carbons (Fsp3) is 0.333. The van der Waals surface area contributed by atoms with Crippen LogP contribution in [0.4, 0.5) is 10.5 Å². The number of fused-ring (bicyclic) bond motifs is 1. The number of carbonyl (C=O) groups excluding carboxylic acids is 1. The van der Waals surface area contributed by atoms with Crippen molar-refractivity contribution in [1.29, 1.82) is 0 Å². The van der Waals surface area contributed by atoms with Crippen molar-refractivity contribution in [3.63, 3.8) is 0 Å². The van der Waals surface area contributed by atoms with Crippen LogP contribution in [0, 0.1) is 6.92 Å². The second-order valence-corrected chi connectivity index (χ2v) is 7.79. The first-order chi connectivity index (χ1) is 12.1. The molecule has 0 atom stereocenters. The summed E-state index contributed by atoms with van der Waals surface area (Å²) in [6.07, 6.45) is 1.85. The number of thiophene rings is 1. The summed E-state index contributed by atoms with van der Waals surface area (Å²) in [7, 11) is 0. The predicted molar refractivity (Wildman–Crippen MR) is 103 cm³/mol. The number of nitrogens with one attached hydrogen (secondary N) is 1. The first-order valence-corrected chi connectivity index (χ1v) is 9.62. The Bertz CT molecular complexity index is 911. The maximum absolute atomic E-state index is 12.4. The van der Waals surface area contributed by atoms with Crippen molar-refractivity contribution < 1.29 is 4.79 Å². The lowest BCUT2D eigenvalue weighted by molar-refractivity contribution is 0.184. The molecule has 1 aromatic carbocycles. The molecule has 0 radical (unpaired) electrons. The molecule has 0 bridgehead atoms. The molecule has 130 valence electrons. The van der Waals surface area contributed by atoms with Gasteiger partial charge in [0.2, 0.25) is 0 Å². The quantitative estimate of drug-likeness (QED) is 0.691. The van der Waals surface area contributed by atoms with Gasteiger partial charge < -0.3 is 14.8 Å². The minimum atomic E-state index is -0.0778. The molecule has 1 aliphatic heterocycles. The Labute approximate surface area is 155 Å². The van der Waals surface area contributed by atoms with Crippen LogP contribution < -0.4 is 5.32 Å². The lowest BCUT2D eigenvalue weighted by Crippen LogP contribution is -2.41. The smallest absolute Gasteiger partial charge is 0.321 e. The number of halogens is 1. The molecule has 7 heteroatoms. The zero-order valence-electron chi connectivity index (χ0n) is 13.9. The van der Waals surface area contributed by atoms with Gasteiger partial charge in [-0.3, -0.25) is 0 Å². The number of aromatic nitrogens is 2. The monoisotopic (exact) mass is 374 g/mol. The van der Waals surface area contributed by atoms with Gasteiger partial charge in [0.15, 0.2) is 0 Å². The summed E-state index contributed by atoms with van der Waals surface area (Å²) >= 11 is 7.48. The third-order valence-corrected chi connectivity index (χ3v) is 5.92. The Balaban J connectivity index is 1.45. The third-order valence-electron chi connectivity index (χ3n) is 4.75. The topological polar surface area (TPSA) is 50.2 Å². The summed E-state index contributed by atoms with van der Waals surface area (Å²) in [6, 6.07) is 10.4. The number of carbonyl (C=O) groups is 1. The summed E-state index contributed by atoms with van der Waals surface area (Å²) < 4.78 is 2.93. The van der Waals surface area contributed by atoms with E-state index in [-0.39, 0.29) is 6.03 Å². The number of piperidine rings is 1. The predicted octanol–water partition coefficient (Wildman–Crippen LogP) is 4.93. The standard InChI is InChI=1S/C18H19ClN4OS/c1-12-20-14-4-2-3-5-16(14)23(12)13-6-9-22(10-7-13)18(24)21-15-8-11-25-17(15)19/h2-5,8,11,13H,6-7,9-10H2,1H3,(H,21,24). The SMILES string of the molecule is Cc1nc2ccccc2n1C1CCN(C(=O)Nc2ccsc2Cl)CC1. The number of imidazole rings is 1. The zero-order valence-corrected chi connectivity index (χ0v) is 15.5. The summed E-state index contributed by atoms with van der Waals surface area (Å²) in [5.41, 5.74) is 2.90.